The Labute approximate surface area is 78.8 Å². The highest BCUT2D eigenvalue weighted by atomic mass is 19.2. The van der Waals surface area contributed by atoms with Crippen molar-refractivity contribution in [3.63, 3.8) is 0 Å². The second-order valence-electron chi connectivity index (χ2n) is 3.04. The molecule has 0 saturated carbocycles. The Morgan fingerprint density at radius 1 is 1.29 bits per heavy atom. The Kier molecular flexibility index (Phi) is 2.49. The summed E-state index contributed by atoms with van der Waals surface area (Å²) in [5.74, 6) is -4.34. The molecule has 1 rings (SSSR count). The van der Waals surface area contributed by atoms with Crippen molar-refractivity contribution in [2.45, 2.75) is 12.5 Å². The highest BCUT2D eigenvalue weighted by Gasteiger charge is 2.27. The van der Waals surface area contributed by atoms with Crippen molar-refractivity contribution >= 4 is 0 Å². The van der Waals surface area contributed by atoms with Crippen LogP contribution in [0.3, 0.4) is 0 Å². The van der Waals surface area contributed by atoms with Gasteiger partial charge in [0.1, 0.15) is 5.54 Å². The number of hydrogen-bond donors (Lipinski definition) is 1. The van der Waals surface area contributed by atoms with E-state index in [0.29, 0.717) is 0 Å². The van der Waals surface area contributed by atoms with Crippen molar-refractivity contribution in [1.82, 2.24) is 0 Å². The van der Waals surface area contributed by atoms with E-state index in [2.05, 4.69) is 0 Å². The van der Waals surface area contributed by atoms with E-state index in [4.69, 9.17) is 11.0 Å². The molecule has 0 aromatic heterocycles. The van der Waals surface area contributed by atoms with Gasteiger partial charge in [0.05, 0.1) is 6.07 Å². The first-order valence-corrected chi connectivity index (χ1v) is 3.74. The van der Waals surface area contributed by atoms with Gasteiger partial charge in [0, 0.05) is 5.56 Å². The van der Waals surface area contributed by atoms with Crippen molar-refractivity contribution in [2.24, 2.45) is 5.73 Å². The molecule has 5 heteroatoms. The second-order valence-corrected chi connectivity index (χ2v) is 3.04. The van der Waals surface area contributed by atoms with Gasteiger partial charge < -0.3 is 5.73 Å². The topological polar surface area (TPSA) is 49.8 Å². The van der Waals surface area contributed by atoms with Crippen LogP contribution in [0.4, 0.5) is 13.2 Å². The molecule has 0 spiro atoms. The van der Waals surface area contributed by atoms with Gasteiger partial charge in [-0.2, -0.15) is 5.26 Å². The normalized spacial score (nSPS) is 14.6. The maximum absolute atomic E-state index is 13.1. The summed E-state index contributed by atoms with van der Waals surface area (Å²) >= 11 is 0. The standard InChI is InChI=1S/C9H7F3N2/c1-9(14,4-13)5-2-3-6(10)8(12)7(5)11/h2-3H,14H2,1H3/t9-/m1/s1. The third-order valence-corrected chi connectivity index (χ3v) is 1.83. The highest BCUT2D eigenvalue weighted by Crippen LogP contribution is 2.23. The molecule has 0 fully saturated rings. The molecule has 0 heterocycles. The molecule has 0 saturated heterocycles. The maximum Gasteiger partial charge on any atom is 0.194 e. The number of rotatable bonds is 1. The van der Waals surface area contributed by atoms with E-state index >= 15 is 0 Å². The van der Waals surface area contributed by atoms with Gasteiger partial charge in [-0.15, -0.1) is 0 Å². The van der Waals surface area contributed by atoms with Crippen LogP contribution in [0.15, 0.2) is 12.1 Å². The lowest BCUT2D eigenvalue weighted by Crippen LogP contribution is -2.32. The third kappa shape index (κ3) is 1.56. The molecular weight excluding hydrogens is 193 g/mol. The highest BCUT2D eigenvalue weighted by molar-refractivity contribution is 5.31. The molecule has 0 radical (unpaired) electrons. The van der Waals surface area contributed by atoms with E-state index in [1.54, 1.807) is 6.07 Å². The van der Waals surface area contributed by atoms with Gasteiger partial charge in [0.25, 0.3) is 0 Å². The maximum atomic E-state index is 13.1. The minimum absolute atomic E-state index is 0.362. The fourth-order valence-corrected chi connectivity index (χ4v) is 0.987. The molecule has 1 aromatic carbocycles. The number of hydrogen-bond acceptors (Lipinski definition) is 2. The Balaban J connectivity index is 3.41. The fourth-order valence-electron chi connectivity index (χ4n) is 0.987. The largest absolute Gasteiger partial charge is 0.310 e. The van der Waals surface area contributed by atoms with Crippen LogP contribution in [0.2, 0.25) is 0 Å². The average Bonchev–Trinajstić information content (AvgIpc) is 2.14. The van der Waals surface area contributed by atoms with Crippen LogP contribution in [-0.4, -0.2) is 0 Å². The molecule has 0 aliphatic carbocycles. The summed E-state index contributed by atoms with van der Waals surface area (Å²) in [6.07, 6.45) is 0. The lowest BCUT2D eigenvalue weighted by molar-refractivity contribution is 0.429. The quantitative estimate of drug-likeness (QED) is 0.702. The van der Waals surface area contributed by atoms with Crippen LogP contribution in [0.1, 0.15) is 12.5 Å². The van der Waals surface area contributed by atoms with Crippen molar-refractivity contribution in [3.05, 3.63) is 35.1 Å². The predicted molar refractivity (Wildman–Crippen MR) is 43.5 cm³/mol. The van der Waals surface area contributed by atoms with Crippen molar-refractivity contribution < 1.29 is 13.2 Å². The molecule has 0 aliphatic rings. The molecule has 14 heavy (non-hydrogen) atoms. The van der Waals surface area contributed by atoms with Crippen molar-refractivity contribution in [2.75, 3.05) is 0 Å². The zero-order valence-electron chi connectivity index (χ0n) is 7.31. The molecule has 2 N–H and O–H groups in total. The van der Waals surface area contributed by atoms with Gasteiger partial charge in [0.2, 0.25) is 0 Å². The number of nitrogens with zero attached hydrogens (tertiary/aromatic N) is 1. The minimum Gasteiger partial charge on any atom is -0.310 e. The molecule has 0 unspecified atom stereocenters. The first-order chi connectivity index (χ1) is 6.40. The first kappa shape index (κ1) is 10.5. The summed E-state index contributed by atoms with van der Waals surface area (Å²) in [7, 11) is 0. The Morgan fingerprint density at radius 2 is 1.86 bits per heavy atom. The van der Waals surface area contributed by atoms with E-state index in [-0.39, 0.29) is 5.56 Å². The lowest BCUT2D eigenvalue weighted by Gasteiger charge is -2.16. The zero-order chi connectivity index (χ0) is 10.9. The smallest absolute Gasteiger partial charge is 0.194 e. The average molecular weight is 200 g/mol. The Hall–Kier alpha value is -1.54. The summed E-state index contributed by atoms with van der Waals surface area (Å²) < 4.78 is 38.4. The van der Waals surface area contributed by atoms with E-state index in [9.17, 15) is 13.2 Å². The van der Waals surface area contributed by atoms with Gasteiger partial charge in [-0.05, 0) is 13.0 Å². The van der Waals surface area contributed by atoms with Crippen LogP contribution in [0, 0.1) is 28.8 Å². The molecule has 0 bridgehead atoms. The predicted octanol–water partition coefficient (Wildman–Crippen LogP) is 1.80. The summed E-state index contributed by atoms with van der Waals surface area (Å²) in [5, 5.41) is 8.57. The van der Waals surface area contributed by atoms with Crippen LogP contribution in [0.25, 0.3) is 0 Å². The summed E-state index contributed by atoms with van der Waals surface area (Å²) in [6, 6.07) is 3.28. The van der Waals surface area contributed by atoms with Gasteiger partial charge in [-0.1, -0.05) is 6.07 Å². The fraction of sp³-hybridized carbons (Fsp3) is 0.222. The zero-order valence-corrected chi connectivity index (χ0v) is 7.31. The number of nitrogens with two attached hydrogens (primary N) is 1. The minimum atomic E-state index is -1.67. The molecule has 1 atom stereocenters. The number of nitriles is 1. The number of benzene rings is 1. The van der Waals surface area contributed by atoms with E-state index < -0.39 is 23.0 Å². The van der Waals surface area contributed by atoms with Crippen LogP contribution in [-0.2, 0) is 5.54 Å². The summed E-state index contributed by atoms with van der Waals surface area (Å²) in [4.78, 5) is 0. The van der Waals surface area contributed by atoms with Crippen molar-refractivity contribution in [1.29, 1.82) is 5.26 Å². The molecular formula is C9H7F3N2. The lowest BCUT2D eigenvalue weighted by atomic mass is 9.94. The van der Waals surface area contributed by atoms with Crippen LogP contribution < -0.4 is 5.73 Å². The number of halogens is 3. The van der Waals surface area contributed by atoms with Crippen LogP contribution in [0.5, 0.6) is 0 Å². The first-order valence-electron chi connectivity index (χ1n) is 3.74. The Morgan fingerprint density at radius 3 is 2.36 bits per heavy atom. The van der Waals surface area contributed by atoms with E-state index in [1.165, 1.54) is 6.92 Å². The SMILES string of the molecule is C[C@@](N)(C#N)c1ccc(F)c(F)c1F. The third-order valence-electron chi connectivity index (χ3n) is 1.83. The molecule has 74 valence electrons. The van der Waals surface area contributed by atoms with Crippen LogP contribution >= 0.6 is 0 Å². The molecule has 0 aliphatic heterocycles. The molecule has 0 amide bonds. The second kappa shape index (κ2) is 3.31. The van der Waals surface area contributed by atoms with E-state index in [0.717, 1.165) is 12.1 Å². The summed E-state index contributed by atoms with van der Waals surface area (Å²) in [6.45, 7) is 1.21. The van der Waals surface area contributed by atoms with Gasteiger partial charge in [-0.3, -0.25) is 0 Å². The molecule has 1 aromatic rings. The monoisotopic (exact) mass is 200 g/mol. The van der Waals surface area contributed by atoms with Gasteiger partial charge in [0.15, 0.2) is 17.5 Å². The van der Waals surface area contributed by atoms with E-state index in [1.807, 2.05) is 0 Å². The van der Waals surface area contributed by atoms with Crippen molar-refractivity contribution in [3.8, 4) is 6.07 Å². The molecule has 2 nitrogen and oxygen atoms in total. The van der Waals surface area contributed by atoms with Gasteiger partial charge in [-0.25, -0.2) is 13.2 Å². The van der Waals surface area contributed by atoms with Gasteiger partial charge >= 0.3 is 0 Å². The Bertz CT molecular complexity index is 407. The summed E-state index contributed by atoms with van der Waals surface area (Å²) in [5.41, 5.74) is 3.34.